The Labute approximate surface area is 134 Å². The van der Waals surface area contributed by atoms with Crippen molar-refractivity contribution in [2.45, 2.75) is 56.6 Å². The van der Waals surface area contributed by atoms with E-state index >= 15 is 0 Å². The lowest BCUT2D eigenvalue weighted by molar-refractivity contribution is 0.506. The summed E-state index contributed by atoms with van der Waals surface area (Å²) in [4.78, 5) is 1.38. The summed E-state index contributed by atoms with van der Waals surface area (Å²) in [7, 11) is 0. The average molecular weight is 298 g/mol. The molecule has 0 nitrogen and oxygen atoms in total. The molecular formula is C20H26S. The highest BCUT2D eigenvalue weighted by molar-refractivity contribution is 8.00. The molecule has 0 aliphatic carbocycles. The van der Waals surface area contributed by atoms with Gasteiger partial charge in [-0.2, -0.15) is 0 Å². The van der Waals surface area contributed by atoms with Gasteiger partial charge in [-0.05, 0) is 40.7 Å². The van der Waals surface area contributed by atoms with Gasteiger partial charge >= 0.3 is 0 Å². The maximum Gasteiger partial charge on any atom is 0.0153 e. The van der Waals surface area contributed by atoms with Crippen LogP contribution in [0.4, 0.5) is 0 Å². The molecule has 0 saturated carbocycles. The molecule has 0 saturated heterocycles. The van der Waals surface area contributed by atoms with Crippen LogP contribution in [0.5, 0.6) is 0 Å². The highest BCUT2D eigenvalue weighted by Gasteiger charge is 2.20. The zero-order valence-electron chi connectivity index (χ0n) is 13.8. The molecule has 0 fully saturated rings. The molecule has 0 unspecified atom stereocenters. The third-order valence-electron chi connectivity index (χ3n) is 4.09. The zero-order valence-corrected chi connectivity index (χ0v) is 14.6. The number of thioether (sulfide) groups is 1. The first-order valence-electron chi connectivity index (χ1n) is 7.80. The quantitative estimate of drug-likeness (QED) is 0.565. The average Bonchev–Trinajstić information content (AvgIpc) is 2.48. The predicted octanol–water partition coefficient (Wildman–Crippen LogP) is 6.54. The maximum atomic E-state index is 2.39. The highest BCUT2D eigenvalue weighted by Crippen LogP contribution is 2.37. The molecule has 0 amide bonds. The molecule has 1 heteroatoms. The van der Waals surface area contributed by atoms with Gasteiger partial charge in [0.1, 0.15) is 0 Å². The van der Waals surface area contributed by atoms with Gasteiger partial charge in [0.15, 0.2) is 0 Å². The Balaban J connectivity index is 2.54. The van der Waals surface area contributed by atoms with Crippen molar-refractivity contribution in [3.63, 3.8) is 0 Å². The van der Waals surface area contributed by atoms with Crippen molar-refractivity contribution in [3.05, 3.63) is 54.1 Å². The van der Waals surface area contributed by atoms with Crippen LogP contribution in [0.3, 0.4) is 0 Å². The molecule has 0 atom stereocenters. The lowest BCUT2D eigenvalue weighted by atomic mass is 9.81. The Kier molecular flexibility index (Phi) is 5.16. The molecule has 21 heavy (non-hydrogen) atoms. The Hall–Kier alpha value is -1.21. The minimum Gasteiger partial charge on any atom is -0.123 e. The van der Waals surface area contributed by atoms with E-state index in [-0.39, 0.29) is 5.41 Å². The van der Waals surface area contributed by atoms with Crippen molar-refractivity contribution in [1.82, 2.24) is 0 Å². The third kappa shape index (κ3) is 3.91. The molecule has 0 aliphatic heterocycles. The zero-order chi connectivity index (χ0) is 15.5. The van der Waals surface area contributed by atoms with Gasteiger partial charge in [0.25, 0.3) is 0 Å². The summed E-state index contributed by atoms with van der Waals surface area (Å²) in [5.74, 6) is 0. The second-order valence-electron chi connectivity index (χ2n) is 6.48. The SMILES string of the molecule is CCC(C)(C)c1ccc(SC(C)C)c(-c2ccccc2)c1. The standard InChI is InChI=1S/C20H26S/c1-6-20(4,5)17-12-13-19(21-15(2)3)18(14-17)16-10-8-7-9-11-16/h7-15H,6H2,1-5H3. The lowest BCUT2D eigenvalue weighted by Crippen LogP contribution is -2.15. The fourth-order valence-corrected chi connectivity index (χ4v) is 3.31. The maximum absolute atomic E-state index is 2.39. The van der Waals surface area contributed by atoms with E-state index in [0.717, 1.165) is 6.42 Å². The van der Waals surface area contributed by atoms with E-state index in [1.807, 2.05) is 11.8 Å². The third-order valence-corrected chi connectivity index (χ3v) is 5.17. The van der Waals surface area contributed by atoms with Crippen LogP contribution in [0.15, 0.2) is 53.4 Å². The molecule has 112 valence electrons. The molecule has 0 heterocycles. The van der Waals surface area contributed by atoms with Crippen LogP contribution in [0.25, 0.3) is 11.1 Å². The second kappa shape index (κ2) is 6.70. The molecule has 0 radical (unpaired) electrons. The molecular weight excluding hydrogens is 272 g/mol. The van der Waals surface area contributed by atoms with Gasteiger partial charge in [0.05, 0.1) is 0 Å². The summed E-state index contributed by atoms with van der Waals surface area (Å²) >= 11 is 1.95. The molecule has 2 aromatic rings. The highest BCUT2D eigenvalue weighted by atomic mass is 32.2. The van der Waals surface area contributed by atoms with Gasteiger partial charge in [0.2, 0.25) is 0 Å². The van der Waals surface area contributed by atoms with Crippen LogP contribution in [-0.2, 0) is 5.41 Å². The van der Waals surface area contributed by atoms with Crippen molar-refractivity contribution in [3.8, 4) is 11.1 Å². The van der Waals surface area contributed by atoms with Gasteiger partial charge in [-0.25, -0.2) is 0 Å². The minimum absolute atomic E-state index is 0.227. The van der Waals surface area contributed by atoms with Crippen LogP contribution >= 0.6 is 11.8 Å². The van der Waals surface area contributed by atoms with Crippen molar-refractivity contribution < 1.29 is 0 Å². The summed E-state index contributed by atoms with van der Waals surface area (Å²) in [6.45, 7) is 11.4. The van der Waals surface area contributed by atoms with Crippen LogP contribution in [0.2, 0.25) is 0 Å². The van der Waals surface area contributed by atoms with Crippen molar-refractivity contribution >= 4 is 11.8 Å². The van der Waals surface area contributed by atoms with Crippen molar-refractivity contribution in [2.75, 3.05) is 0 Å². The monoisotopic (exact) mass is 298 g/mol. The summed E-state index contributed by atoms with van der Waals surface area (Å²) in [5, 5.41) is 0.595. The normalized spacial score (nSPS) is 11.9. The molecule has 0 aromatic heterocycles. The Bertz CT molecular complexity index is 582. The van der Waals surface area contributed by atoms with Gasteiger partial charge in [-0.3, -0.25) is 0 Å². The van der Waals surface area contributed by atoms with Gasteiger partial charge in [-0.15, -0.1) is 11.8 Å². The molecule has 2 aromatic carbocycles. The van der Waals surface area contributed by atoms with Gasteiger partial charge in [-0.1, -0.05) is 71.0 Å². The summed E-state index contributed by atoms with van der Waals surface area (Å²) in [6.07, 6.45) is 1.15. The van der Waals surface area contributed by atoms with Crippen LogP contribution in [-0.4, -0.2) is 5.25 Å². The van der Waals surface area contributed by atoms with Crippen molar-refractivity contribution in [2.24, 2.45) is 0 Å². The summed E-state index contributed by atoms with van der Waals surface area (Å²) < 4.78 is 0. The fourth-order valence-electron chi connectivity index (χ4n) is 2.36. The van der Waals surface area contributed by atoms with E-state index in [0.29, 0.717) is 5.25 Å². The Morgan fingerprint density at radius 3 is 2.24 bits per heavy atom. The van der Waals surface area contributed by atoms with E-state index in [4.69, 9.17) is 0 Å². The Morgan fingerprint density at radius 1 is 1.00 bits per heavy atom. The van der Waals surface area contributed by atoms with Crippen molar-refractivity contribution in [1.29, 1.82) is 0 Å². The number of benzene rings is 2. The first-order chi connectivity index (χ1) is 9.94. The van der Waals surface area contributed by atoms with E-state index in [2.05, 4.69) is 83.1 Å². The molecule has 0 bridgehead atoms. The molecule has 0 N–H and O–H groups in total. The van der Waals surface area contributed by atoms with E-state index < -0.39 is 0 Å². The first-order valence-corrected chi connectivity index (χ1v) is 8.68. The van der Waals surface area contributed by atoms with Crippen LogP contribution in [0, 0.1) is 0 Å². The Morgan fingerprint density at radius 2 is 1.67 bits per heavy atom. The molecule has 0 aliphatic rings. The van der Waals surface area contributed by atoms with Crippen LogP contribution < -0.4 is 0 Å². The summed E-state index contributed by atoms with van der Waals surface area (Å²) in [5.41, 5.74) is 4.34. The topological polar surface area (TPSA) is 0 Å². The smallest absolute Gasteiger partial charge is 0.0153 e. The lowest BCUT2D eigenvalue weighted by Gasteiger charge is -2.25. The van der Waals surface area contributed by atoms with E-state index in [1.54, 1.807) is 0 Å². The fraction of sp³-hybridized carbons (Fsp3) is 0.400. The van der Waals surface area contributed by atoms with E-state index in [1.165, 1.54) is 21.6 Å². The number of rotatable bonds is 5. The van der Waals surface area contributed by atoms with E-state index in [9.17, 15) is 0 Å². The van der Waals surface area contributed by atoms with Gasteiger partial charge < -0.3 is 0 Å². The first kappa shape index (κ1) is 16.2. The minimum atomic E-state index is 0.227. The van der Waals surface area contributed by atoms with Gasteiger partial charge in [0, 0.05) is 10.1 Å². The second-order valence-corrected chi connectivity index (χ2v) is 8.10. The largest absolute Gasteiger partial charge is 0.123 e. The molecule has 2 rings (SSSR count). The van der Waals surface area contributed by atoms with Crippen LogP contribution in [0.1, 0.15) is 46.6 Å². The molecule has 0 spiro atoms. The number of hydrogen-bond donors (Lipinski definition) is 0. The predicted molar refractivity (Wildman–Crippen MR) is 96.2 cm³/mol. The summed E-state index contributed by atoms with van der Waals surface area (Å²) in [6, 6.07) is 17.8. The number of hydrogen-bond acceptors (Lipinski definition) is 1.